The molecule has 1 aromatic carbocycles. The lowest BCUT2D eigenvalue weighted by Gasteiger charge is -2.14. The maximum absolute atomic E-state index is 12.2. The molecule has 5 nitrogen and oxygen atoms in total. The van der Waals surface area contributed by atoms with Gasteiger partial charge in [-0.1, -0.05) is 29.8 Å². The van der Waals surface area contributed by atoms with Crippen LogP contribution in [-0.2, 0) is 10.5 Å². The molecule has 2 heterocycles. The zero-order valence-electron chi connectivity index (χ0n) is 15.1. The zero-order valence-corrected chi connectivity index (χ0v) is 16.7. The minimum absolute atomic E-state index is 0.0596. The normalized spacial score (nSPS) is 12.1. The summed E-state index contributed by atoms with van der Waals surface area (Å²) in [6.45, 7) is 3.86. The van der Waals surface area contributed by atoms with Crippen LogP contribution in [0, 0.1) is 6.92 Å². The van der Waals surface area contributed by atoms with E-state index in [4.69, 9.17) is 11.6 Å². The fraction of sp³-hybridized carbons (Fsp3) is 0.250. The average molecular weight is 402 g/mol. The molecule has 0 bridgehead atoms. The van der Waals surface area contributed by atoms with Gasteiger partial charge in [0.15, 0.2) is 0 Å². The van der Waals surface area contributed by atoms with E-state index in [-0.39, 0.29) is 17.5 Å². The van der Waals surface area contributed by atoms with E-state index in [1.54, 1.807) is 18.3 Å². The number of pyridine rings is 1. The molecule has 140 valence electrons. The second kappa shape index (κ2) is 8.59. The summed E-state index contributed by atoms with van der Waals surface area (Å²) in [5.41, 5.74) is 3.18. The number of nitrogens with zero attached hydrogens (tertiary/aromatic N) is 2. The number of hydrogen-bond acceptors (Lipinski definition) is 4. The molecule has 0 fully saturated rings. The van der Waals surface area contributed by atoms with Crippen LogP contribution in [0.4, 0.5) is 0 Å². The minimum atomic E-state index is -0.111. The molecule has 0 radical (unpaired) electrons. The number of fused-ring (bicyclic) bond motifs is 1. The van der Waals surface area contributed by atoms with E-state index in [2.05, 4.69) is 10.3 Å². The van der Waals surface area contributed by atoms with E-state index in [1.165, 1.54) is 22.2 Å². The monoisotopic (exact) mass is 401 g/mol. The van der Waals surface area contributed by atoms with E-state index < -0.39 is 0 Å². The highest BCUT2D eigenvalue weighted by Gasteiger charge is 2.10. The zero-order chi connectivity index (χ0) is 19.4. The number of hydrogen-bond donors (Lipinski definition) is 1. The van der Waals surface area contributed by atoms with E-state index in [0.29, 0.717) is 27.9 Å². The summed E-state index contributed by atoms with van der Waals surface area (Å²) < 4.78 is 1.53. The number of aryl methyl sites for hydroxylation is 1. The first-order chi connectivity index (χ1) is 12.9. The number of thioether (sulfide) groups is 1. The van der Waals surface area contributed by atoms with E-state index >= 15 is 0 Å². The van der Waals surface area contributed by atoms with Gasteiger partial charge in [0.05, 0.1) is 17.5 Å². The summed E-state index contributed by atoms with van der Waals surface area (Å²) in [5.74, 6) is 0.741. The van der Waals surface area contributed by atoms with Crippen LogP contribution in [0.15, 0.2) is 53.5 Å². The van der Waals surface area contributed by atoms with Crippen molar-refractivity contribution in [3.8, 4) is 0 Å². The van der Waals surface area contributed by atoms with Crippen LogP contribution >= 0.6 is 23.4 Å². The lowest BCUT2D eigenvalue weighted by molar-refractivity contribution is -0.119. The van der Waals surface area contributed by atoms with Crippen LogP contribution in [0.5, 0.6) is 0 Å². The van der Waals surface area contributed by atoms with Gasteiger partial charge in [-0.05, 0) is 43.2 Å². The quantitative estimate of drug-likeness (QED) is 0.683. The molecule has 0 saturated heterocycles. The molecule has 0 aliphatic carbocycles. The smallest absolute Gasteiger partial charge is 0.258 e. The molecule has 0 unspecified atom stereocenters. The molecule has 1 amide bonds. The number of carbonyl (C=O) groups is 1. The SMILES string of the molecule is Cc1ccc2nc(CSCC(=O)N[C@@H](C)c3ccc(Cl)cc3)cc(=O)n2c1. The highest BCUT2D eigenvalue weighted by atomic mass is 35.5. The molecular formula is C20H20ClN3O2S. The lowest BCUT2D eigenvalue weighted by Crippen LogP contribution is -2.28. The molecule has 1 N–H and O–H groups in total. The van der Waals surface area contributed by atoms with Gasteiger partial charge in [0, 0.05) is 23.0 Å². The van der Waals surface area contributed by atoms with Gasteiger partial charge in [0.1, 0.15) is 5.65 Å². The lowest BCUT2D eigenvalue weighted by atomic mass is 10.1. The van der Waals surface area contributed by atoms with Crippen LogP contribution in [0.1, 0.15) is 29.8 Å². The Kier molecular flexibility index (Phi) is 6.19. The summed E-state index contributed by atoms with van der Waals surface area (Å²) in [5, 5.41) is 3.63. The van der Waals surface area contributed by atoms with Crippen LogP contribution in [0.25, 0.3) is 5.65 Å². The highest BCUT2D eigenvalue weighted by molar-refractivity contribution is 7.99. The van der Waals surface area contributed by atoms with Crippen molar-refractivity contribution in [2.75, 3.05) is 5.75 Å². The predicted molar refractivity (Wildman–Crippen MR) is 110 cm³/mol. The summed E-state index contributed by atoms with van der Waals surface area (Å²) in [4.78, 5) is 28.8. The Balaban J connectivity index is 1.55. The number of carbonyl (C=O) groups excluding carboxylic acids is 1. The summed E-state index contributed by atoms with van der Waals surface area (Å²) in [7, 11) is 0. The average Bonchev–Trinajstić information content (AvgIpc) is 2.63. The molecule has 0 aliphatic rings. The Labute approximate surface area is 166 Å². The Bertz CT molecular complexity index is 1020. The molecule has 1 atom stereocenters. The Morgan fingerprint density at radius 2 is 2.00 bits per heavy atom. The van der Waals surface area contributed by atoms with Gasteiger partial charge in [-0.3, -0.25) is 14.0 Å². The molecule has 7 heteroatoms. The number of halogens is 1. The number of aromatic nitrogens is 2. The largest absolute Gasteiger partial charge is 0.349 e. The third kappa shape index (κ3) is 5.11. The van der Waals surface area contributed by atoms with Crippen molar-refractivity contribution in [3.63, 3.8) is 0 Å². The van der Waals surface area contributed by atoms with Crippen LogP contribution in [0.2, 0.25) is 5.02 Å². The van der Waals surface area contributed by atoms with Crippen molar-refractivity contribution in [1.29, 1.82) is 0 Å². The summed E-state index contributed by atoms with van der Waals surface area (Å²) in [6.07, 6.45) is 1.77. The maximum atomic E-state index is 12.2. The molecule has 3 rings (SSSR count). The van der Waals surface area contributed by atoms with Gasteiger partial charge in [-0.25, -0.2) is 4.98 Å². The number of amides is 1. The van der Waals surface area contributed by atoms with Gasteiger partial charge >= 0.3 is 0 Å². The fourth-order valence-corrected chi connectivity index (χ4v) is 3.55. The number of rotatable bonds is 6. The predicted octanol–water partition coefficient (Wildman–Crippen LogP) is 3.77. The number of benzene rings is 1. The van der Waals surface area contributed by atoms with Crippen molar-refractivity contribution < 1.29 is 4.79 Å². The molecule has 0 aliphatic heterocycles. The molecule has 0 spiro atoms. The third-order valence-corrected chi connectivity index (χ3v) is 5.31. The molecule has 0 saturated carbocycles. The van der Waals surface area contributed by atoms with Crippen molar-refractivity contribution >= 4 is 34.9 Å². The first-order valence-electron chi connectivity index (χ1n) is 8.54. The van der Waals surface area contributed by atoms with Gasteiger partial charge in [0.2, 0.25) is 5.91 Å². The first kappa shape index (κ1) is 19.5. The molecular weight excluding hydrogens is 382 g/mol. The topological polar surface area (TPSA) is 63.5 Å². The van der Waals surface area contributed by atoms with Crippen molar-refractivity contribution in [3.05, 3.63) is 80.9 Å². The van der Waals surface area contributed by atoms with E-state index in [9.17, 15) is 9.59 Å². The van der Waals surface area contributed by atoms with Gasteiger partial charge in [-0.15, -0.1) is 11.8 Å². The van der Waals surface area contributed by atoms with Crippen molar-refractivity contribution in [2.45, 2.75) is 25.6 Å². The highest BCUT2D eigenvalue weighted by Crippen LogP contribution is 2.17. The Morgan fingerprint density at radius 3 is 2.74 bits per heavy atom. The maximum Gasteiger partial charge on any atom is 0.258 e. The van der Waals surface area contributed by atoms with Crippen molar-refractivity contribution in [2.24, 2.45) is 0 Å². The molecule has 2 aromatic heterocycles. The van der Waals surface area contributed by atoms with Gasteiger partial charge in [-0.2, -0.15) is 0 Å². The molecule has 27 heavy (non-hydrogen) atoms. The van der Waals surface area contributed by atoms with E-state index in [0.717, 1.165) is 11.1 Å². The molecule has 3 aromatic rings. The van der Waals surface area contributed by atoms with Crippen molar-refractivity contribution in [1.82, 2.24) is 14.7 Å². The van der Waals surface area contributed by atoms with Crippen LogP contribution in [0.3, 0.4) is 0 Å². The Morgan fingerprint density at radius 1 is 1.26 bits per heavy atom. The second-order valence-corrected chi connectivity index (χ2v) is 7.78. The summed E-state index contributed by atoms with van der Waals surface area (Å²) >= 11 is 7.31. The summed E-state index contributed by atoms with van der Waals surface area (Å²) in [6, 6.07) is 12.6. The standard InChI is InChI=1S/C20H20ClN3O2S/c1-13-3-8-18-23-17(9-20(26)24(18)10-13)11-27-12-19(25)22-14(2)15-4-6-16(21)7-5-15/h3-10,14H,11-12H2,1-2H3,(H,22,25)/t14-/m0/s1. The third-order valence-electron chi connectivity index (χ3n) is 4.09. The van der Waals surface area contributed by atoms with Gasteiger partial charge in [0.25, 0.3) is 5.56 Å². The van der Waals surface area contributed by atoms with Crippen LogP contribution in [-0.4, -0.2) is 21.0 Å². The second-order valence-electron chi connectivity index (χ2n) is 6.35. The van der Waals surface area contributed by atoms with E-state index in [1.807, 2.05) is 38.1 Å². The minimum Gasteiger partial charge on any atom is -0.349 e. The van der Waals surface area contributed by atoms with Crippen LogP contribution < -0.4 is 10.9 Å². The fourth-order valence-electron chi connectivity index (χ4n) is 2.70. The Hall–Kier alpha value is -2.31. The van der Waals surface area contributed by atoms with Gasteiger partial charge < -0.3 is 5.32 Å². The number of nitrogens with one attached hydrogen (secondary N) is 1. The first-order valence-corrected chi connectivity index (χ1v) is 10.1.